The number of nitrogens with two attached hydrogens (primary N) is 1. The van der Waals surface area contributed by atoms with E-state index in [0.29, 0.717) is 30.3 Å². The van der Waals surface area contributed by atoms with Crippen LogP contribution in [0, 0.1) is 17.0 Å². The summed E-state index contributed by atoms with van der Waals surface area (Å²) in [5.41, 5.74) is 7.55. The van der Waals surface area contributed by atoms with Crippen LogP contribution in [0.3, 0.4) is 0 Å². The van der Waals surface area contributed by atoms with Gasteiger partial charge in [0.2, 0.25) is 5.91 Å². The summed E-state index contributed by atoms with van der Waals surface area (Å²) in [6, 6.07) is 4.20. The van der Waals surface area contributed by atoms with Gasteiger partial charge in [-0.1, -0.05) is 26.0 Å². The molecule has 3 N–H and O–H groups in total. The van der Waals surface area contributed by atoms with Crippen LogP contribution in [0.15, 0.2) is 48.2 Å². The molecule has 2 aromatic rings. The summed E-state index contributed by atoms with van der Waals surface area (Å²) in [5.74, 6) is -2.51. The Labute approximate surface area is 192 Å². The summed E-state index contributed by atoms with van der Waals surface area (Å²) >= 11 is 0. The number of likely N-dealkylation sites (N-methyl/N-ethyl adjacent to an activating group) is 1. The number of anilines is 1. The van der Waals surface area contributed by atoms with E-state index in [1.807, 2.05) is 32.8 Å². The highest BCUT2D eigenvalue weighted by molar-refractivity contribution is 6.13. The number of hydrogen-bond donors (Lipinski definition) is 2. The van der Waals surface area contributed by atoms with E-state index in [1.165, 1.54) is 12.3 Å². The van der Waals surface area contributed by atoms with Crippen LogP contribution in [0.1, 0.15) is 41.9 Å². The van der Waals surface area contributed by atoms with Gasteiger partial charge in [0.15, 0.2) is 5.78 Å². The highest BCUT2D eigenvalue weighted by Crippen LogP contribution is 2.44. The second-order valence-corrected chi connectivity index (χ2v) is 8.97. The highest BCUT2D eigenvalue weighted by Gasteiger charge is 2.33. The molecule has 8 heteroatoms. The molecule has 174 valence electrons. The van der Waals surface area contributed by atoms with Crippen LogP contribution in [0.4, 0.5) is 14.5 Å². The third-order valence-corrected chi connectivity index (χ3v) is 5.61. The minimum Gasteiger partial charge on any atom is -0.396 e. The zero-order valence-corrected chi connectivity index (χ0v) is 19.2. The Bertz CT molecular complexity index is 1150. The number of allylic oxidation sites excluding steroid dienone is 3. The lowest BCUT2D eigenvalue weighted by Gasteiger charge is -2.32. The van der Waals surface area contributed by atoms with Gasteiger partial charge in [-0.2, -0.15) is 0 Å². The van der Waals surface area contributed by atoms with Gasteiger partial charge < -0.3 is 16.0 Å². The number of ketones is 1. The van der Waals surface area contributed by atoms with E-state index in [4.69, 9.17) is 5.73 Å². The Kier molecular flexibility index (Phi) is 7.07. The first-order valence-corrected chi connectivity index (χ1v) is 10.6. The zero-order chi connectivity index (χ0) is 24.3. The molecule has 0 radical (unpaired) electrons. The first kappa shape index (κ1) is 24.3. The van der Waals surface area contributed by atoms with Crippen LogP contribution < -0.4 is 11.1 Å². The Hall–Kier alpha value is -3.39. The van der Waals surface area contributed by atoms with Crippen LogP contribution in [-0.2, 0) is 4.79 Å². The molecule has 33 heavy (non-hydrogen) atoms. The van der Waals surface area contributed by atoms with Crippen LogP contribution in [0.5, 0.6) is 0 Å². The number of carbonyl (C=O) groups excluding carboxylic acids is 2. The fourth-order valence-corrected chi connectivity index (χ4v) is 3.81. The topological polar surface area (TPSA) is 88.3 Å². The number of rotatable bonds is 7. The molecule has 6 nitrogen and oxygen atoms in total. The van der Waals surface area contributed by atoms with Gasteiger partial charge in [-0.05, 0) is 49.7 Å². The van der Waals surface area contributed by atoms with Crippen LogP contribution in [0.2, 0.25) is 0 Å². The lowest BCUT2D eigenvalue weighted by molar-refractivity contribution is -0.117. The Balaban J connectivity index is 1.93. The first-order valence-electron chi connectivity index (χ1n) is 10.6. The van der Waals surface area contributed by atoms with Gasteiger partial charge in [-0.25, -0.2) is 8.78 Å². The number of amides is 1. The molecule has 1 amide bonds. The Morgan fingerprint density at radius 3 is 2.52 bits per heavy atom. The summed E-state index contributed by atoms with van der Waals surface area (Å²) in [5, 5.41) is 2.91. The van der Waals surface area contributed by atoms with Crippen molar-refractivity contribution < 1.29 is 18.4 Å². The van der Waals surface area contributed by atoms with Gasteiger partial charge in [0.05, 0.1) is 16.9 Å². The number of pyridine rings is 1. The quantitative estimate of drug-likeness (QED) is 0.625. The smallest absolute Gasteiger partial charge is 0.247 e. The number of nitrogens with one attached hydrogen (secondary N) is 1. The average molecular weight is 455 g/mol. The molecular formula is C25H28F2N4O2. The molecule has 3 rings (SSSR count). The molecule has 1 aromatic carbocycles. The fourth-order valence-electron chi connectivity index (χ4n) is 3.81. The standard InChI is InChI=1S/C25H28F2N4O2/c1-25(2)14-15(24(33)30-11-12-31(3)4)5-8-19(25)22-21(28)18(9-10-29-22)23(32)17-7-6-16(26)13-20(17)27/h5-10,13H,11-12,14,28H2,1-4H3,(H,30,33). The van der Waals surface area contributed by atoms with Gasteiger partial charge in [-0.3, -0.25) is 14.6 Å². The van der Waals surface area contributed by atoms with Crippen LogP contribution in [-0.4, -0.2) is 48.8 Å². The molecule has 1 aromatic heterocycles. The average Bonchev–Trinajstić information content (AvgIpc) is 2.73. The third kappa shape index (κ3) is 5.34. The summed E-state index contributed by atoms with van der Waals surface area (Å²) < 4.78 is 27.4. The van der Waals surface area contributed by atoms with Crippen molar-refractivity contribution in [2.24, 2.45) is 5.41 Å². The summed E-state index contributed by atoms with van der Waals surface area (Å²) in [6.07, 6.45) is 5.42. The lowest BCUT2D eigenvalue weighted by Crippen LogP contribution is -2.34. The Morgan fingerprint density at radius 1 is 1.15 bits per heavy atom. The lowest BCUT2D eigenvalue weighted by atomic mass is 9.73. The molecule has 1 heterocycles. The van der Waals surface area contributed by atoms with Crippen molar-refractivity contribution >= 4 is 23.0 Å². The maximum atomic E-state index is 14.2. The zero-order valence-electron chi connectivity index (χ0n) is 19.2. The minimum atomic E-state index is -0.956. The number of aromatic nitrogens is 1. The van der Waals surface area contributed by atoms with Gasteiger partial charge >= 0.3 is 0 Å². The SMILES string of the molecule is CN(C)CCNC(=O)C1=CC=C(c2nccc(C(=O)c3ccc(F)cc3F)c2N)C(C)(C)C1. The molecule has 0 unspecified atom stereocenters. The van der Waals surface area contributed by atoms with Gasteiger partial charge in [0.25, 0.3) is 0 Å². The number of benzene rings is 1. The number of nitrogen functional groups attached to an aromatic ring is 1. The molecule has 0 bridgehead atoms. The number of nitrogens with zero attached hydrogens (tertiary/aromatic N) is 2. The van der Waals surface area contributed by atoms with E-state index < -0.39 is 22.8 Å². The molecule has 1 aliphatic rings. The maximum Gasteiger partial charge on any atom is 0.247 e. The summed E-state index contributed by atoms with van der Waals surface area (Å²) in [6.45, 7) is 5.21. The van der Waals surface area contributed by atoms with Crippen molar-refractivity contribution in [3.8, 4) is 0 Å². The fraction of sp³-hybridized carbons (Fsp3) is 0.320. The third-order valence-electron chi connectivity index (χ3n) is 5.61. The van der Waals surface area contributed by atoms with E-state index in [9.17, 15) is 18.4 Å². The predicted octanol–water partition coefficient (Wildman–Crippen LogP) is 3.59. The van der Waals surface area contributed by atoms with Crippen LogP contribution in [0.25, 0.3) is 5.57 Å². The van der Waals surface area contributed by atoms with E-state index in [1.54, 1.807) is 12.2 Å². The minimum absolute atomic E-state index is 0.0819. The molecule has 0 saturated carbocycles. The van der Waals surface area contributed by atoms with Crippen molar-refractivity contribution in [3.63, 3.8) is 0 Å². The van der Waals surface area contributed by atoms with Crippen molar-refractivity contribution in [2.45, 2.75) is 20.3 Å². The maximum absolute atomic E-state index is 14.2. The molecule has 0 fully saturated rings. The summed E-state index contributed by atoms with van der Waals surface area (Å²) in [4.78, 5) is 31.8. The largest absolute Gasteiger partial charge is 0.396 e. The first-order chi connectivity index (χ1) is 15.5. The Morgan fingerprint density at radius 2 is 1.88 bits per heavy atom. The van der Waals surface area contributed by atoms with E-state index in [-0.39, 0.29) is 22.7 Å². The van der Waals surface area contributed by atoms with Crippen molar-refractivity contribution in [3.05, 3.63) is 76.6 Å². The number of hydrogen-bond acceptors (Lipinski definition) is 5. The molecule has 0 spiro atoms. The number of carbonyl (C=O) groups is 2. The van der Waals surface area contributed by atoms with E-state index in [2.05, 4.69) is 10.3 Å². The molecule has 1 aliphatic carbocycles. The predicted molar refractivity (Wildman–Crippen MR) is 124 cm³/mol. The normalized spacial score (nSPS) is 15.1. The van der Waals surface area contributed by atoms with E-state index in [0.717, 1.165) is 24.3 Å². The summed E-state index contributed by atoms with van der Waals surface area (Å²) in [7, 11) is 3.87. The van der Waals surface area contributed by atoms with Gasteiger partial charge in [0, 0.05) is 36.5 Å². The monoisotopic (exact) mass is 454 g/mol. The molecular weight excluding hydrogens is 426 g/mol. The van der Waals surface area contributed by atoms with Gasteiger partial charge in [0.1, 0.15) is 11.6 Å². The van der Waals surface area contributed by atoms with Crippen LogP contribution >= 0.6 is 0 Å². The van der Waals surface area contributed by atoms with Crippen molar-refractivity contribution in [1.82, 2.24) is 15.2 Å². The second kappa shape index (κ2) is 9.62. The molecule has 0 aliphatic heterocycles. The van der Waals surface area contributed by atoms with Crippen molar-refractivity contribution in [2.75, 3.05) is 32.9 Å². The van der Waals surface area contributed by atoms with E-state index >= 15 is 0 Å². The molecule has 0 atom stereocenters. The van der Waals surface area contributed by atoms with Gasteiger partial charge in [-0.15, -0.1) is 0 Å². The highest BCUT2D eigenvalue weighted by atomic mass is 19.1. The molecule has 0 saturated heterocycles. The second-order valence-electron chi connectivity index (χ2n) is 8.97. The van der Waals surface area contributed by atoms with Crippen molar-refractivity contribution in [1.29, 1.82) is 0 Å². The number of halogens is 2.